The minimum absolute atomic E-state index is 0. The van der Waals surface area contributed by atoms with E-state index in [0.29, 0.717) is 5.75 Å². The van der Waals surface area contributed by atoms with Crippen LogP contribution in [-0.2, 0) is 55.6 Å². The van der Waals surface area contributed by atoms with Crippen molar-refractivity contribution in [2.24, 2.45) is 0 Å². The first-order valence-corrected chi connectivity index (χ1v) is 24.7. The molecule has 0 spiro atoms. The van der Waals surface area contributed by atoms with Crippen molar-refractivity contribution in [3.05, 3.63) is 202 Å². The van der Waals surface area contributed by atoms with Crippen LogP contribution in [0, 0.1) is 19.4 Å². The number of aryl methyl sites for hydroxylation is 2. The smallest absolute Gasteiger partial charge is 0.509 e. The number of nitrogens with zero attached hydrogens (tertiary/aromatic N) is 1. The standard InChI is InChI=1S/C48H55NO.C18H22.Pt/c1-13-33(32(3)42-29-39(47(7,8)9)30-43(45(42)50)48(10,11)12)27-41-31(2)18-17-21-40(41)36-24-37(26-38(25-36)46(4,5)6)44-28-35(22-23-49-44)34-19-15-14-16-20-34;1-5-14-11-12-16(18(2,3)4)13-17(14)15-9-7-6-8-10-15;/h13-23,25-26,28-30,50H,27H2,1-12H3;6-13H,5H2,1-4H3;/q-2;;+2/b33-32+;;. The van der Waals surface area contributed by atoms with E-state index in [9.17, 15) is 5.11 Å². The largest absolute Gasteiger partial charge is 2.00 e. The molecule has 0 saturated carbocycles. The first-order valence-electron chi connectivity index (χ1n) is 24.7. The third-order valence-electron chi connectivity index (χ3n) is 13.4. The van der Waals surface area contributed by atoms with Crippen LogP contribution >= 0.6 is 0 Å². The Morgan fingerprint density at radius 1 is 0.580 bits per heavy atom. The predicted octanol–water partition coefficient (Wildman–Crippen LogP) is 18.2. The molecule has 1 N–H and O–H groups in total. The molecule has 3 heteroatoms. The fourth-order valence-corrected chi connectivity index (χ4v) is 8.84. The fourth-order valence-electron chi connectivity index (χ4n) is 8.84. The van der Waals surface area contributed by atoms with Gasteiger partial charge in [-0.15, -0.1) is 43.2 Å². The summed E-state index contributed by atoms with van der Waals surface area (Å²) in [5.41, 5.74) is 21.0. The van der Waals surface area contributed by atoms with Gasteiger partial charge in [0.25, 0.3) is 0 Å². The number of aromatic nitrogens is 1. The minimum Gasteiger partial charge on any atom is -0.509 e. The van der Waals surface area contributed by atoms with Gasteiger partial charge < -0.3 is 5.11 Å². The van der Waals surface area contributed by atoms with Crippen molar-refractivity contribution < 1.29 is 26.2 Å². The molecular formula is C66H77NOPt. The summed E-state index contributed by atoms with van der Waals surface area (Å²) in [6, 6.07) is 51.7. The molecule has 7 aromatic rings. The van der Waals surface area contributed by atoms with Crippen LogP contribution in [0.3, 0.4) is 0 Å². The van der Waals surface area contributed by atoms with Crippen LogP contribution in [0.5, 0.6) is 5.75 Å². The molecule has 2 nitrogen and oxygen atoms in total. The summed E-state index contributed by atoms with van der Waals surface area (Å²) in [6.45, 7) is 35.5. The Balaban J connectivity index is 0.000000391. The van der Waals surface area contributed by atoms with Crippen molar-refractivity contribution >= 4 is 5.57 Å². The van der Waals surface area contributed by atoms with E-state index in [-0.39, 0.29) is 42.7 Å². The molecule has 7 rings (SSSR count). The molecule has 0 aliphatic heterocycles. The third kappa shape index (κ3) is 13.3. The number of benzene rings is 6. The van der Waals surface area contributed by atoms with Crippen molar-refractivity contribution in [3.8, 4) is 50.4 Å². The molecule has 0 unspecified atom stereocenters. The topological polar surface area (TPSA) is 33.1 Å². The number of phenolic OH excluding ortho intramolecular Hbond substituents is 1. The van der Waals surface area contributed by atoms with E-state index in [1.807, 2.05) is 12.3 Å². The van der Waals surface area contributed by atoms with E-state index in [1.54, 1.807) is 0 Å². The third-order valence-corrected chi connectivity index (χ3v) is 13.4. The quantitative estimate of drug-likeness (QED) is 0.146. The summed E-state index contributed by atoms with van der Waals surface area (Å²) in [4.78, 5) is 4.84. The van der Waals surface area contributed by atoms with Crippen molar-refractivity contribution in [1.29, 1.82) is 0 Å². The fraction of sp³-hybridized carbons (Fsp3) is 0.333. The average molecular weight is 1100 g/mol. The normalized spacial score (nSPS) is 12.3. The van der Waals surface area contributed by atoms with Gasteiger partial charge in [-0.05, 0) is 92.0 Å². The maximum atomic E-state index is 11.8. The van der Waals surface area contributed by atoms with Gasteiger partial charge in [-0.3, -0.25) is 4.98 Å². The molecule has 0 atom stereocenters. The first kappa shape index (κ1) is 54.5. The Kier molecular flexibility index (Phi) is 17.5. The number of aromatic hydroxyl groups is 1. The zero-order valence-electron chi connectivity index (χ0n) is 44.5. The molecule has 69 heavy (non-hydrogen) atoms. The molecule has 0 aliphatic rings. The second-order valence-corrected chi connectivity index (χ2v) is 22.7. The van der Waals surface area contributed by atoms with Gasteiger partial charge in [0.05, 0.1) is 0 Å². The summed E-state index contributed by atoms with van der Waals surface area (Å²) in [6.07, 6.45) is 5.93. The van der Waals surface area contributed by atoms with Crippen molar-refractivity contribution in [2.45, 2.75) is 145 Å². The summed E-state index contributed by atoms with van der Waals surface area (Å²) >= 11 is 0. The van der Waals surface area contributed by atoms with E-state index in [0.717, 1.165) is 51.9 Å². The SMILES string of the molecule is CCc1ccc(C(C)(C)C)cc1-c1ccccc1.C[CH-]/C(Cc1c(C)cccc1-c1[c-]c(-c2cc(-c3ccccc3)ccn2)cc(C(C)(C)C)c1)=C(/C)c1cc(C(C)(C)C)cc(C(C)(C)C)c1O.[Pt+2]. The van der Waals surface area contributed by atoms with E-state index in [1.165, 1.54) is 61.2 Å². The van der Waals surface area contributed by atoms with Crippen LogP contribution in [0.1, 0.15) is 148 Å². The summed E-state index contributed by atoms with van der Waals surface area (Å²) in [7, 11) is 0. The molecule has 0 aliphatic carbocycles. The zero-order valence-corrected chi connectivity index (χ0v) is 46.8. The number of rotatable bonds is 9. The maximum absolute atomic E-state index is 11.8. The molecule has 1 aromatic heterocycles. The second kappa shape index (κ2) is 22.1. The monoisotopic (exact) mass is 1090 g/mol. The zero-order chi connectivity index (χ0) is 49.8. The van der Waals surface area contributed by atoms with E-state index >= 15 is 0 Å². The summed E-state index contributed by atoms with van der Waals surface area (Å²) < 4.78 is 0. The maximum Gasteiger partial charge on any atom is 2.00 e. The average Bonchev–Trinajstić information content (AvgIpc) is 3.30. The van der Waals surface area contributed by atoms with Crippen LogP contribution in [0.4, 0.5) is 0 Å². The van der Waals surface area contributed by atoms with Crippen LogP contribution in [-0.4, -0.2) is 10.1 Å². The Hall–Kier alpha value is -5.43. The molecule has 1 heterocycles. The van der Waals surface area contributed by atoms with Crippen LogP contribution in [0.2, 0.25) is 0 Å². The second-order valence-electron chi connectivity index (χ2n) is 22.7. The van der Waals surface area contributed by atoms with Crippen molar-refractivity contribution in [2.75, 3.05) is 0 Å². The number of phenols is 1. The van der Waals surface area contributed by atoms with Crippen molar-refractivity contribution in [3.63, 3.8) is 0 Å². The van der Waals surface area contributed by atoms with Gasteiger partial charge in [0.15, 0.2) is 0 Å². The number of allylic oxidation sites excluding steroid dienone is 2. The Morgan fingerprint density at radius 2 is 1.16 bits per heavy atom. The Labute approximate surface area is 432 Å². The first-order chi connectivity index (χ1) is 31.9. The van der Waals surface area contributed by atoms with Crippen molar-refractivity contribution in [1.82, 2.24) is 4.98 Å². The van der Waals surface area contributed by atoms with Gasteiger partial charge in [0.2, 0.25) is 0 Å². The molecule has 362 valence electrons. The van der Waals surface area contributed by atoms with E-state index in [2.05, 4.69) is 251 Å². The van der Waals surface area contributed by atoms with Gasteiger partial charge >= 0.3 is 21.1 Å². The van der Waals surface area contributed by atoms with Gasteiger partial charge in [0.1, 0.15) is 5.75 Å². The molecule has 0 saturated heterocycles. The number of pyridine rings is 1. The molecule has 0 bridgehead atoms. The number of hydrogen-bond donors (Lipinski definition) is 1. The molecule has 6 aromatic carbocycles. The van der Waals surface area contributed by atoms with Gasteiger partial charge in [-0.25, -0.2) is 12.0 Å². The number of hydrogen-bond acceptors (Lipinski definition) is 2. The van der Waals surface area contributed by atoms with Crippen LogP contribution < -0.4 is 0 Å². The molecule has 0 fully saturated rings. The van der Waals surface area contributed by atoms with Gasteiger partial charge in [0, 0.05) is 11.9 Å². The van der Waals surface area contributed by atoms with Crippen LogP contribution in [0.25, 0.3) is 50.2 Å². The van der Waals surface area contributed by atoms with E-state index in [4.69, 9.17) is 4.98 Å². The molecule has 0 radical (unpaired) electrons. The Bertz CT molecular complexity index is 2870. The molecule has 0 amide bonds. The Morgan fingerprint density at radius 3 is 1.72 bits per heavy atom. The van der Waals surface area contributed by atoms with Crippen LogP contribution in [0.15, 0.2) is 145 Å². The summed E-state index contributed by atoms with van der Waals surface area (Å²) in [5.74, 6) is 0.383. The van der Waals surface area contributed by atoms with E-state index < -0.39 is 0 Å². The molecular weight excluding hydrogens is 1020 g/mol. The minimum atomic E-state index is -0.194. The summed E-state index contributed by atoms with van der Waals surface area (Å²) in [5, 5.41) is 11.8. The predicted molar refractivity (Wildman–Crippen MR) is 295 cm³/mol. The van der Waals surface area contributed by atoms with Gasteiger partial charge in [-0.2, -0.15) is 5.57 Å². The van der Waals surface area contributed by atoms with Gasteiger partial charge in [-0.1, -0.05) is 233 Å².